The molecule has 2 aromatic rings. The molecule has 100 valence electrons. The Bertz CT molecular complexity index is 549. The lowest BCUT2D eigenvalue weighted by molar-refractivity contribution is 0.0168. The molecule has 3 rings (SSSR count). The zero-order valence-electron chi connectivity index (χ0n) is 10.6. The summed E-state index contributed by atoms with van der Waals surface area (Å²) in [6.07, 6.45) is 4.98. The first-order chi connectivity index (χ1) is 9.33. The Labute approximate surface area is 126 Å². The van der Waals surface area contributed by atoms with E-state index in [1.54, 1.807) is 11.3 Å². The van der Waals surface area contributed by atoms with Crippen molar-refractivity contribution in [3.63, 3.8) is 0 Å². The molecule has 0 N–H and O–H groups in total. The van der Waals surface area contributed by atoms with Gasteiger partial charge >= 0.3 is 0 Å². The van der Waals surface area contributed by atoms with E-state index in [9.17, 15) is 0 Å². The molecule has 0 aliphatic carbocycles. The van der Waals surface area contributed by atoms with Crippen molar-refractivity contribution in [3.05, 3.63) is 39.1 Å². The summed E-state index contributed by atoms with van der Waals surface area (Å²) in [6.45, 7) is 0.910. The van der Waals surface area contributed by atoms with Crippen LogP contribution in [0.5, 0.6) is 0 Å². The number of ether oxygens (including phenoxy) is 1. The van der Waals surface area contributed by atoms with Crippen LogP contribution in [0.2, 0.25) is 0 Å². The van der Waals surface area contributed by atoms with E-state index in [-0.39, 0.29) is 0 Å². The third-order valence-corrected chi connectivity index (χ3v) is 4.94. The molecule has 0 spiro atoms. The Hall–Kier alpha value is -0.710. The van der Waals surface area contributed by atoms with Gasteiger partial charge in [0.25, 0.3) is 0 Å². The number of benzene rings is 1. The monoisotopic (exact) mass is 337 g/mol. The van der Waals surface area contributed by atoms with Crippen LogP contribution in [0, 0.1) is 0 Å². The van der Waals surface area contributed by atoms with Gasteiger partial charge in [-0.15, -0.1) is 11.3 Å². The van der Waals surface area contributed by atoms with Crippen LogP contribution in [0.3, 0.4) is 0 Å². The molecule has 1 aromatic carbocycles. The lowest BCUT2D eigenvalue weighted by atomic mass is 10.1. The Morgan fingerprint density at radius 2 is 2.21 bits per heavy atom. The van der Waals surface area contributed by atoms with E-state index in [2.05, 4.69) is 33.4 Å². The lowest BCUT2D eigenvalue weighted by Crippen LogP contribution is -2.21. The van der Waals surface area contributed by atoms with Crippen molar-refractivity contribution in [3.8, 4) is 11.3 Å². The molecule has 2 heterocycles. The molecule has 1 aliphatic rings. The van der Waals surface area contributed by atoms with Gasteiger partial charge in [-0.3, -0.25) is 0 Å². The summed E-state index contributed by atoms with van der Waals surface area (Å²) in [7, 11) is 0. The van der Waals surface area contributed by atoms with E-state index in [4.69, 9.17) is 9.72 Å². The summed E-state index contributed by atoms with van der Waals surface area (Å²) < 4.78 is 6.88. The highest BCUT2D eigenvalue weighted by atomic mass is 79.9. The van der Waals surface area contributed by atoms with Crippen molar-refractivity contribution in [2.24, 2.45) is 0 Å². The summed E-state index contributed by atoms with van der Waals surface area (Å²) in [4.78, 5) is 4.74. The van der Waals surface area contributed by atoms with Gasteiger partial charge in [-0.1, -0.05) is 34.1 Å². The summed E-state index contributed by atoms with van der Waals surface area (Å²) in [6, 6.07) is 8.22. The predicted octanol–water partition coefficient (Wildman–Crippen LogP) is 4.68. The van der Waals surface area contributed by atoms with Crippen molar-refractivity contribution < 1.29 is 4.74 Å². The van der Waals surface area contributed by atoms with Crippen molar-refractivity contribution in [2.45, 2.75) is 31.8 Å². The summed E-state index contributed by atoms with van der Waals surface area (Å²) in [5.74, 6) is 0. The Morgan fingerprint density at radius 3 is 3.00 bits per heavy atom. The molecule has 19 heavy (non-hydrogen) atoms. The van der Waals surface area contributed by atoms with Gasteiger partial charge in [-0.2, -0.15) is 0 Å². The van der Waals surface area contributed by atoms with Crippen LogP contribution < -0.4 is 0 Å². The largest absolute Gasteiger partial charge is 0.378 e. The molecule has 1 aliphatic heterocycles. The molecule has 4 heteroatoms. The third-order valence-electron chi connectivity index (χ3n) is 3.38. The van der Waals surface area contributed by atoms with Gasteiger partial charge in [0.15, 0.2) is 0 Å². The van der Waals surface area contributed by atoms with Crippen LogP contribution in [0.4, 0.5) is 0 Å². The highest BCUT2D eigenvalue weighted by molar-refractivity contribution is 9.10. The maximum absolute atomic E-state index is 5.78. The number of nitrogens with zero attached hydrogens (tertiary/aromatic N) is 1. The standard InChI is InChI=1S/C15H16BrNOS/c16-13-7-2-1-6-12(13)14-10-19-15(17-14)9-11-5-3-4-8-18-11/h1-2,6-7,10-11H,3-5,8-9H2. The molecule has 1 aromatic heterocycles. The fraction of sp³-hybridized carbons (Fsp3) is 0.400. The van der Waals surface area contributed by atoms with Gasteiger partial charge in [0.2, 0.25) is 0 Å². The minimum Gasteiger partial charge on any atom is -0.378 e. The first-order valence-corrected chi connectivity index (χ1v) is 8.31. The second-order valence-corrected chi connectivity index (χ2v) is 6.60. The van der Waals surface area contributed by atoms with E-state index < -0.39 is 0 Å². The van der Waals surface area contributed by atoms with Crippen LogP contribution >= 0.6 is 27.3 Å². The van der Waals surface area contributed by atoms with Crippen LogP contribution in [-0.4, -0.2) is 17.7 Å². The van der Waals surface area contributed by atoms with Crippen molar-refractivity contribution >= 4 is 27.3 Å². The molecule has 0 radical (unpaired) electrons. The molecule has 1 atom stereocenters. The highest BCUT2D eigenvalue weighted by Crippen LogP contribution is 2.29. The zero-order chi connectivity index (χ0) is 13.1. The van der Waals surface area contributed by atoms with E-state index in [1.807, 2.05) is 12.1 Å². The molecular weight excluding hydrogens is 322 g/mol. The number of halogens is 1. The summed E-state index contributed by atoms with van der Waals surface area (Å²) >= 11 is 5.32. The summed E-state index contributed by atoms with van der Waals surface area (Å²) in [5, 5.41) is 3.32. The van der Waals surface area contributed by atoms with Gasteiger partial charge in [0, 0.05) is 28.4 Å². The molecule has 0 saturated carbocycles. The second-order valence-electron chi connectivity index (χ2n) is 4.80. The SMILES string of the molecule is Brc1ccccc1-c1csc(CC2CCCCO2)n1. The first kappa shape index (κ1) is 13.3. The normalized spacial score (nSPS) is 19.5. The molecule has 2 nitrogen and oxygen atoms in total. The predicted molar refractivity (Wildman–Crippen MR) is 82.5 cm³/mol. The number of hydrogen-bond donors (Lipinski definition) is 0. The minimum atomic E-state index is 0.368. The quantitative estimate of drug-likeness (QED) is 0.810. The van der Waals surface area contributed by atoms with Crippen LogP contribution in [-0.2, 0) is 11.2 Å². The van der Waals surface area contributed by atoms with E-state index in [0.29, 0.717) is 6.10 Å². The Kier molecular flexibility index (Phi) is 4.31. The maximum Gasteiger partial charge on any atom is 0.0958 e. The number of hydrogen-bond acceptors (Lipinski definition) is 3. The first-order valence-electron chi connectivity index (χ1n) is 6.64. The molecular formula is C15H16BrNOS. The molecule has 1 unspecified atom stereocenters. The van der Waals surface area contributed by atoms with Crippen molar-refractivity contribution in [1.29, 1.82) is 0 Å². The number of aromatic nitrogens is 1. The fourth-order valence-electron chi connectivity index (χ4n) is 2.36. The molecule has 1 fully saturated rings. The van der Waals surface area contributed by atoms with Crippen LogP contribution in [0.1, 0.15) is 24.3 Å². The van der Waals surface area contributed by atoms with Crippen molar-refractivity contribution in [1.82, 2.24) is 4.98 Å². The van der Waals surface area contributed by atoms with Gasteiger partial charge < -0.3 is 4.74 Å². The van der Waals surface area contributed by atoms with Crippen molar-refractivity contribution in [2.75, 3.05) is 6.61 Å². The second kappa shape index (κ2) is 6.16. The third kappa shape index (κ3) is 3.25. The minimum absolute atomic E-state index is 0.368. The topological polar surface area (TPSA) is 22.1 Å². The molecule has 0 bridgehead atoms. The van der Waals surface area contributed by atoms with Gasteiger partial charge in [-0.25, -0.2) is 4.98 Å². The van der Waals surface area contributed by atoms with E-state index >= 15 is 0 Å². The Morgan fingerprint density at radius 1 is 1.32 bits per heavy atom. The average molecular weight is 338 g/mol. The van der Waals surface area contributed by atoms with Gasteiger partial charge in [0.05, 0.1) is 16.8 Å². The average Bonchev–Trinajstić information content (AvgIpc) is 2.89. The highest BCUT2D eigenvalue weighted by Gasteiger charge is 2.16. The smallest absolute Gasteiger partial charge is 0.0958 e. The van der Waals surface area contributed by atoms with Crippen LogP contribution in [0.25, 0.3) is 11.3 Å². The molecule has 0 amide bonds. The molecule has 1 saturated heterocycles. The number of rotatable bonds is 3. The van der Waals surface area contributed by atoms with Gasteiger partial charge in [-0.05, 0) is 25.3 Å². The lowest BCUT2D eigenvalue weighted by Gasteiger charge is -2.21. The maximum atomic E-state index is 5.78. The Balaban J connectivity index is 1.74. The zero-order valence-corrected chi connectivity index (χ0v) is 13.0. The fourth-order valence-corrected chi connectivity index (χ4v) is 3.71. The summed E-state index contributed by atoms with van der Waals surface area (Å²) in [5.41, 5.74) is 2.22. The van der Waals surface area contributed by atoms with Crippen LogP contribution in [0.15, 0.2) is 34.1 Å². The van der Waals surface area contributed by atoms with Gasteiger partial charge in [0.1, 0.15) is 0 Å². The van der Waals surface area contributed by atoms with E-state index in [1.165, 1.54) is 24.3 Å². The number of thiazole rings is 1. The van der Waals surface area contributed by atoms with E-state index in [0.717, 1.165) is 28.8 Å².